The van der Waals surface area contributed by atoms with Crippen molar-refractivity contribution in [3.8, 4) is 5.75 Å². The van der Waals surface area contributed by atoms with E-state index in [1.54, 1.807) is 34.9 Å². The van der Waals surface area contributed by atoms with E-state index in [2.05, 4.69) is 20.9 Å². The lowest BCUT2D eigenvalue weighted by Crippen LogP contribution is -2.44. The van der Waals surface area contributed by atoms with Crippen molar-refractivity contribution in [3.05, 3.63) is 114 Å². The summed E-state index contributed by atoms with van der Waals surface area (Å²) in [5, 5.41) is 36.8. The molecular weight excluding hydrogens is 608 g/mol. The summed E-state index contributed by atoms with van der Waals surface area (Å²) in [6.07, 6.45) is 8.05. The summed E-state index contributed by atoms with van der Waals surface area (Å²) in [7, 11) is 1.56. The molecule has 2 aliphatic heterocycles. The van der Waals surface area contributed by atoms with Crippen LogP contribution in [0, 0.1) is 5.92 Å². The molecule has 3 aromatic carbocycles. The van der Waals surface area contributed by atoms with Crippen LogP contribution < -0.4 is 20.3 Å². The number of ether oxygens (including phenoxy) is 1. The zero-order valence-electron chi connectivity index (χ0n) is 27.3. The molecule has 0 spiro atoms. The summed E-state index contributed by atoms with van der Waals surface area (Å²) in [6.45, 7) is 3.40. The first-order valence-electron chi connectivity index (χ1n) is 16.4. The van der Waals surface area contributed by atoms with Crippen LogP contribution >= 0.6 is 0 Å². The van der Waals surface area contributed by atoms with Crippen LogP contribution in [0.1, 0.15) is 54.5 Å². The van der Waals surface area contributed by atoms with Gasteiger partial charge in [-0.2, -0.15) is 0 Å². The second kappa shape index (κ2) is 14.5. The average Bonchev–Trinajstić information content (AvgIpc) is 3.87. The van der Waals surface area contributed by atoms with E-state index in [-0.39, 0.29) is 31.0 Å². The molecule has 1 saturated heterocycles. The zero-order valence-corrected chi connectivity index (χ0v) is 27.3. The minimum absolute atomic E-state index is 0.0469. The Bertz CT molecular complexity index is 1750. The molecular formula is C37H42N6O5. The van der Waals surface area contributed by atoms with E-state index < -0.39 is 17.4 Å². The van der Waals surface area contributed by atoms with E-state index in [4.69, 9.17) is 4.74 Å². The molecule has 0 bridgehead atoms. The van der Waals surface area contributed by atoms with Crippen molar-refractivity contribution >= 4 is 23.2 Å². The molecule has 11 heteroatoms. The summed E-state index contributed by atoms with van der Waals surface area (Å²) >= 11 is 0. The fourth-order valence-electron chi connectivity index (χ4n) is 6.51. The first-order valence-corrected chi connectivity index (χ1v) is 16.4. The summed E-state index contributed by atoms with van der Waals surface area (Å²) in [4.78, 5) is 28.2. The molecule has 1 fully saturated rings. The van der Waals surface area contributed by atoms with Gasteiger partial charge in [-0.3, -0.25) is 14.3 Å². The number of allylic oxidation sites excluding steroid dienone is 1. The molecule has 0 radical (unpaired) electrons. The van der Waals surface area contributed by atoms with Crippen LogP contribution in [0.5, 0.6) is 5.75 Å². The van der Waals surface area contributed by atoms with Gasteiger partial charge in [-0.05, 0) is 67.3 Å². The predicted octanol–water partition coefficient (Wildman–Crippen LogP) is 4.12. The lowest BCUT2D eigenvalue weighted by atomic mass is 9.83. The number of anilines is 2. The molecule has 4 N–H and O–H groups in total. The van der Waals surface area contributed by atoms with Gasteiger partial charge in [0.1, 0.15) is 5.75 Å². The molecule has 1 aromatic heterocycles. The quantitative estimate of drug-likeness (QED) is 0.159. The Hall–Kier alpha value is -4.84. The van der Waals surface area contributed by atoms with E-state index in [0.717, 1.165) is 30.5 Å². The largest absolute Gasteiger partial charge is 0.497 e. The van der Waals surface area contributed by atoms with Crippen LogP contribution in [-0.2, 0) is 28.3 Å². The number of amides is 2. The van der Waals surface area contributed by atoms with E-state index in [1.807, 2.05) is 79.9 Å². The highest BCUT2D eigenvalue weighted by molar-refractivity contribution is 6.07. The number of aryl methyl sites for hydroxylation is 1. The van der Waals surface area contributed by atoms with Crippen LogP contribution in [0.4, 0.5) is 11.4 Å². The number of carbonyl (C=O) groups excluding carboxylic acids is 2. The van der Waals surface area contributed by atoms with Gasteiger partial charge < -0.3 is 30.5 Å². The molecule has 4 atom stereocenters. The highest BCUT2D eigenvalue weighted by atomic mass is 16.5. The highest BCUT2D eigenvalue weighted by Crippen LogP contribution is 2.47. The number of benzene rings is 3. The maximum Gasteiger partial charge on any atom is 0.264 e. The molecule has 4 aromatic rings. The second-order valence-corrected chi connectivity index (χ2v) is 12.4. The normalized spacial score (nSPS) is 20.2. The summed E-state index contributed by atoms with van der Waals surface area (Å²) in [5.74, 6) is -0.714. The van der Waals surface area contributed by atoms with Gasteiger partial charge in [-0.15, -0.1) is 5.10 Å². The number of fused-ring (bicyclic) bond motifs is 1. The van der Waals surface area contributed by atoms with E-state index in [0.29, 0.717) is 41.3 Å². The lowest BCUT2D eigenvalue weighted by molar-refractivity contribution is -0.139. The summed E-state index contributed by atoms with van der Waals surface area (Å²) in [6, 6.07) is 22.3. The van der Waals surface area contributed by atoms with Gasteiger partial charge in [0, 0.05) is 29.9 Å². The number of nitrogens with zero attached hydrogens (tertiary/aromatic N) is 4. The Morgan fingerprint density at radius 2 is 1.96 bits per heavy atom. The molecule has 6 rings (SSSR count). The monoisotopic (exact) mass is 650 g/mol. The Kier molecular flexibility index (Phi) is 10.00. The standard InChI is InChI=1S/C37H42N6O5/c1-25(9-6-7-20-42-23-33(40-41-42)30(24-44)27-10-4-3-5-11-27)37(47)31-21-29(48-2)17-18-34(31)43(36(37)46)22-26-13-15-28(16-14-26)39-35(45)32-12-8-19-38-32/h3-6,9-11,13-18,21,23,25,30,32,38,44,47H,7-8,12,19-20,22,24H2,1-2H3,(H,39,45)/b9-6+/t25-,30?,32+,37+/m0/s1. The van der Waals surface area contributed by atoms with Crippen molar-refractivity contribution in [1.29, 1.82) is 0 Å². The van der Waals surface area contributed by atoms with Gasteiger partial charge in [0.15, 0.2) is 5.60 Å². The Morgan fingerprint density at radius 3 is 2.67 bits per heavy atom. The number of aromatic nitrogens is 3. The van der Waals surface area contributed by atoms with Crippen molar-refractivity contribution in [2.45, 2.75) is 56.8 Å². The third-order valence-electron chi connectivity index (χ3n) is 9.32. The number of nitrogens with one attached hydrogen (secondary N) is 2. The molecule has 11 nitrogen and oxygen atoms in total. The van der Waals surface area contributed by atoms with Crippen LogP contribution in [0.2, 0.25) is 0 Å². The summed E-state index contributed by atoms with van der Waals surface area (Å²) < 4.78 is 7.19. The topological polar surface area (TPSA) is 142 Å². The van der Waals surface area contributed by atoms with Gasteiger partial charge in [-0.1, -0.05) is 66.8 Å². The smallest absolute Gasteiger partial charge is 0.264 e. The maximum absolute atomic E-state index is 14.0. The summed E-state index contributed by atoms with van der Waals surface area (Å²) in [5.41, 5.74) is 2.54. The molecule has 250 valence electrons. The molecule has 0 aliphatic carbocycles. The van der Waals surface area contributed by atoms with E-state index in [1.165, 1.54) is 0 Å². The molecule has 0 saturated carbocycles. The second-order valence-electron chi connectivity index (χ2n) is 12.4. The van der Waals surface area contributed by atoms with E-state index >= 15 is 0 Å². The third kappa shape index (κ3) is 6.75. The van der Waals surface area contributed by atoms with Crippen LogP contribution in [0.3, 0.4) is 0 Å². The SMILES string of the molecule is COc1ccc2c(c1)[C@](O)([C@@H](C)/C=C/CCn1cc(C(CO)c3ccccc3)nn1)C(=O)N2Cc1ccc(NC(=O)[C@H]2CCCN2)cc1. The Labute approximate surface area is 280 Å². The van der Waals surface area contributed by atoms with Gasteiger partial charge in [0.25, 0.3) is 5.91 Å². The van der Waals surface area contributed by atoms with Crippen LogP contribution in [0.15, 0.2) is 91.1 Å². The van der Waals surface area contributed by atoms with Gasteiger partial charge in [-0.25, -0.2) is 0 Å². The Morgan fingerprint density at radius 1 is 1.17 bits per heavy atom. The average molecular weight is 651 g/mol. The van der Waals surface area contributed by atoms with Crippen LogP contribution in [0.25, 0.3) is 0 Å². The van der Waals surface area contributed by atoms with Gasteiger partial charge >= 0.3 is 0 Å². The molecule has 1 unspecified atom stereocenters. The van der Waals surface area contributed by atoms with Crippen molar-refractivity contribution in [2.24, 2.45) is 5.92 Å². The number of hydrogen-bond donors (Lipinski definition) is 4. The maximum atomic E-state index is 14.0. The number of rotatable bonds is 13. The number of methoxy groups -OCH3 is 1. The van der Waals surface area contributed by atoms with Gasteiger partial charge in [0.05, 0.1) is 43.6 Å². The predicted molar refractivity (Wildman–Crippen MR) is 182 cm³/mol. The van der Waals surface area contributed by atoms with Crippen molar-refractivity contribution in [1.82, 2.24) is 20.3 Å². The highest BCUT2D eigenvalue weighted by Gasteiger charge is 2.52. The lowest BCUT2D eigenvalue weighted by Gasteiger charge is -2.28. The minimum Gasteiger partial charge on any atom is -0.497 e. The van der Waals surface area contributed by atoms with E-state index in [9.17, 15) is 19.8 Å². The fourth-order valence-corrected chi connectivity index (χ4v) is 6.51. The third-order valence-corrected chi connectivity index (χ3v) is 9.32. The first kappa shape index (κ1) is 33.1. The number of carbonyl (C=O) groups is 2. The Balaban J connectivity index is 1.13. The molecule has 2 amide bonds. The van der Waals surface area contributed by atoms with Crippen molar-refractivity contribution < 1.29 is 24.5 Å². The molecule has 2 aliphatic rings. The molecule has 3 heterocycles. The van der Waals surface area contributed by atoms with Crippen molar-refractivity contribution in [2.75, 3.05) is 30.5 Å². The number of aliphatic hydroxyl groups excluding tert-OH is 1. The molecule has 48 heavy (non-hydrogen) atoms. The minimum atomic E-state index is -1.80. The van der Waals surface area contributed by atoms with Gasteiger partial charge in [0.2, 0.25) is 5.91 Å². The first-order chi connectivity index (χ1) is 23.3. The van der Waals surface area contributed by atoms with Crippen LogP contribution in [-0.4, -0.2) is 63.3 Å². The number of hydrogen-bond acceptors (Lipinski definition) is 8. The van der Waals surface area contributed by atoms with Crippen molar-refractivity contribution in [3.63, 3.8) is 0 Å². The zero-order chi connectivity index (χ0) is 33.7. The number of aliphatic hydroxyl groups is 2. The fraction of sp³-hybridized carbons (Fsp3) is 0.351.